The molecule has 0 saturated heterocycles. The first-order chi connectivity index (χ1) is 29.8. The maximum absolute atomic E-state index is 11.8. The van der Waals surface area contributed by atoms with Crippen molar-refractivity contribution < 1.29 is 14.9 Å². The summed E-state index contributed by atoms with van der Waals surface area (Å²) in [6, 6.07) is 53.6. The van der Waals surface area contributed by atoms with Crippen LogP contribution in [0.4, 0.5) is 0 Å². The van der Waals surface area contributed by atoms with Crippen LogP contribution >= 0.6 is 23.5 Å². The van der Waals surface area contributed by atoms with Gasteiger partial charge in [0.15, 0.2) is 0 Å². The van der Waals surface area contributed by atoms with Gasteiger partial charge < -0.3 is 14.9 Å². The van der Waals surface area contributed by atoms with Crippen LogP contribution in [0.3, 0.4) is 0 Å². The molecule has 2 atom stereocenters. The molecule has 1 heterocycles. The summed E-state index contributed by atoms with van der Waals surface area (Å²) in [4.78, 5) is 3.29. The molecule has 0 bridgehead atoms. The summed E-state index contributed by atoms with van der Waals surface area (Å²) < 4.78 is 7.24. The zero-order valence-electron chi connectivity index (χ0n) is 36.1. The van der Waals surface area contributed by atoms with E-state index in [9.17, 15) is 10.2 Å². The minimum atomic E-state index is -0.181. The quantitative estimate of drug-likeness (QED) is 0.160. The van der Waals surface area contributed by atoms with Crippen molar-refractivity contribution in [1.82, 2.24) is 0 Å². The highest BCUT2D eigenvalue weighted by molar-refractivity contribution is 8.00. The summed E-state index contributed by atoms with van der Waals surface area (Å²) in [6.07, 6.45) is 5.42. The Balaban J connectivity index is 1.09. The second-order valence-electron chi connectivity index (χ2n) is 18.3. The van der Waals surface area contributed by atoms with E-state index in [1.54, 1.807) is 11.8 Å². The SMILES string of the molecule is CC(C)(C)C1=CC(Sc2ccccc2-c2cccc(-c3ccccc3)c2O)C2Oc3cc(Sc4ccccc4-c4cccc(-c5ccccc5)c4O)c(C(C)(C)C)cc3CC2=C1. The first-order valence-electron chi connectivity index (χ1n) is 21.4. The molecule has 0 spiro atoms. The normalized spacial score (nSPS) is 16.1. The lowest BCUT2D eigenvalue weighted by Crippen LogP contribution is -2.37. The number of para-hydroxylation sites is 2. The summed E-state index contributed by atoms with van der Waals surface area (Å²) in [7, 11) is 0. The molecule has 310 valence electrons. The van der Waals surface area contributed by atoms with Crippen LogP contribution in [0.2, 0.25) is 0 Å². The van der Waals surface area contributed by atoms with Gasteiger partial charge in [-0.1, -0.05) is 205 Å². The Morgan fingerprint density at radius 2 is 1.02 bits per heavy atom. The Morgan fingerprint density at radius 3 is 1.58 bits per heavy atom. The van der Waals surface area contributed by atoms with E-state index in [2.05, 4.69) is 108 Å². The molecule has 7 aromatic carbocycles. The van der Waals surface area contributed by atoms with Crippen molar-refractivity contribution in [3.05, 3.63) is 192 Å². The molecule has 3 nitrogen and oxygen atoms in total. The highest BCUT2D eigenvalue weighted by atomic mass is 32.2. The maximum Gasteiger partial charge on any atom is 0.136 e. The topological polar surface area (TPSA) is 49.7 Å². The lowest BCUT2D eigenvalue weighted by molar-refractivity contribution is 0.223. The van der Waals surface area contributed by atoms with E-state index in [4.69, 9.17) is 4.74 Å². The number of benzene rings is 7. The standard InChI is InChI=1S/C57H52O3S2/c1-56(2,3)40-32-39-31-38-33-47(57(4,5)6)51(61-49-29-15-13-23-43(49)45-27-17-25-41(53(45)58)36-19-9-7-10-20-36)35-48(38)60-55(39)52(34-40)62-50-30-16-14-24-44(50)46-28-18-26-42(54(46)59)37-21-11-8-12-22-37/h7-30,32-35,52,55,58-59H,31H2,1-6H3. The molecule has 2 aliphatic rings. The van der Waals surface area contributed by atoms with Gasteiger partial charge >= 0.3 is 0 Å². The van der Waals surface area contributed by atoms with Gasteiger partial charge in [0, 0.05) is 43.4 Å². The average Bonchev–Trinajstić information content (AvgIpc) is 3.26. The van der Waals surface area contributed by atoms with Crippen molar-refractivity contribution in [3.8, 4) is 61.8 Å². The Labute approximate surface area is 375 Å². The van der Waals surface area contributed by atoms with Gasteiger partial charge in [-0.2, -0.15) is 0 Å². The van der Waals surface area contributed by atoms with Gasteiger partial charge in [0.2, 0.25) is 0 Å². The Kier molecular flexibility index (Phi) is 11.2. The number of allylic oxidation sites excluding steroid dienone is 2. The van der Waals surface area contributed by atoms with Crippen molar-refractivity contribution >= 4 is 23.5 Å². The van der Waals surface area contributed by atoms with Crippen LogP contribution in [0.25, 0.3) is 44.5 Å². The van der Waals surface area contributed by atoms with Gasteiger partial charge in [-0.3, -0.25) is 0 Å². The predicted molar refractivity (Wildman–Crippen MR) is 261 cm³/mol. The fourth-order valence-corrected chi connectivity index (χ4v) is 11.2. The number of aromatic hydroxyl groups is 2. The first kappa shape index (κ1) is 41.5. The van der Waals surface area contributed by atoms with E-state index in [0.29, 0.717) is 0 Å². The van der Waals surface area contributed by atoms with Crippen LogP contribution in [0.15, 0.2) is 196 Å². The third-order valence-electron chi connectivity index (χ3n) is 11.9. The smallest absolute Gasteiger partial charge is 0.136 e. The van der Waals surface area contributed by atoms with Crippen LogP contribution in [-0.4, -0.2) is 21.6 Å². The lowest BCUT2D eigenvalue weighted by atomic mass is 9.78. The predicted octanol–water partition coefficient (Wildman–Crippen LogP) is 15.6. The van der Waals surface area contributed by atoms with Crippen LogP contribution in [-0.2, 0) is 11.8 Å². The lowest BCUT2D eigenvalue weighted by Gasteiger charge is -2.39. The number of hydrogen-bond acceptors (Lipinski definition) is 5. The fourth-order valence-electron chi connectivity index (χ4n) is 8.60. The molecule has 1 aliphatic heterocycles. The van der Waals surface area contributed by atoms with E-state index >= 15 is 0 Å². The molecule has 2 unspecified atom stereocenters. The fraction of sp³-hybridized carbons (Fsp3) is 0.193. The third kappa shape index (κ3) is 8.24. The molecule has 0 radical (unpaired) electrons. The van der Waals surface area contributed by atoms with Gasteiger partial charge in [0.25, 0.3) is 0 Å². The first-order valence-corrected chi connectivity index (χ1v) is 23.1. The number of ether oxygens (including phenoxy) is 1. The molecule has 0 amide bonds. The highest BCUT2D eigenvalue weighted by Gasteiger charge is 2.38. The summed E-state index contributed by atoms with van der Waals surface area (Å²) in [5.74, 6) is 1.47. The van der Waals surface area contributed by atoms with E-state index in [1.807, 2.05) is 115 Å². The van der Waals surface area contributed by atoms with E-state index in [1.165, 1.54) is 22.3 Å². The molecule has 1 aliphatic carbocycles. The third-order valence-corrected chi connectivity index (χ3v) is 14.3. The largest absolute Gasteiger partial charge is 0.507 e. The van der Waals surface area contributed by atoms with Gasteiger partial charge in [-0.05, 0) is 73.6 Å². The van der Waals surface area contributed by atoms with Crippen molar-refractivity contribution in [2.75, 3.05) is 0 Å². The molecule has 5 heteroatoms. The molecule has 62 heavy (non-hydrogen) atoms. The van der Waals surface area contributed by atoms with Gasteiger partial charge in [-0.25, -0.2) is 0 Å². The minimum Gasteiger partial charge on any atom is -0.507 e. The Morgan fingerprint density at radius 1 is 0.516 bits per heavy atom. The summed E-state index contributed by atoms with van der Waals surface area (Å²) in [5, 5.41) is 23.5. The molecule has 0 fully saturated rings. The van der Waals surface area contributed by atoms with E-state index < -0.39 is 0 Å². The number of phenolic OH excluding ortho intramolecular Hbond substituents is 2. The monoisotopic (exact) mass is 848 g/mol. The van der Waals surface area contributed by atoms with Gasteiger partial charge in [0.05, 0.1) is 5.25 Å². The van der Waals surface area contributed by atoms with Crippen molar-refractivity contribution in [3.63, 3.8) is 0 Å². The van der Waals surface area contributed by atoms with Crippen molar-refractivity contribution in [2.24, 2.45) is 5.41 Å². The summed E-state index contributed by atoms with van der Waals surface area (Å²) in [6.45, 7) is 13.7. The number of hydrogen-bond donors (Lipinski definition) is 2. The zero-order valence-corrected chi connectivity index (χ0v) is 37.8. The molecule has 0 aromatic heterocycles. The molecule has 0 saturated carbocycles. The second-order valence-corrected chi connectivity index (χ2v) is 20.6. The van der Waals surface area contributed by atoms with Crippen molar-refractivity contribution in [2.45, 2.75) is 79.4 Å². The molecular formula is C57H52O3S2. The molecule has 9 rings (SSSR count). The highest BCUT2D eigenvalue weighted by Crippen LogP contribution is 2.51. The summed E-state index contributed by atoms with van der Waals surface area (Å²) in [5.41, 5.74) is 12.1. The van der Waals surface area contributed by atoms with Gasteiger partial charge in [-0.15, -0.1) is 11.8 Å². The van der Waals surface area contributed by atoms with Crippen LogP contribution in [0.5, 0.6) is 17.2 Å². The Bertz CT molecular complexity index is 2840. The van der Waals surface area contributed by atoms with Crippen molar-refractivity contribution in [1.29, 1.82) is 0 Å². The van der Waals surface area contributed by atoms with Crippen LogP contribution in [0, 0.1) is 5.41 Å². The number of thioether (sulfide) groups is 1. The van der Waals surface area contributed by atoms with Gasteiger partial charge in [0.1, 0.15) is 23.4 Å². The number of phenols is 2. The van der Waals surface area contributed by atoms with Crippen LogP contribution < -0.4 is 4.74 Å². The molecular weight excluding hydrogens is 797 g/mol. The van der Waals surface area contributed by atoms with E-state index in [0.717, 1.165) is 71.4 Å². The second kappa shape index (κ2) is 16.8. The Hall–Kier alpha value is -5.88. The molecule has 2 N–H and O–H groups in total. The van der Waals surface area contributed by atoms with Crippen LogP contribution in [0.1, 0.15) is 52.7 Å². The van der Waals surface area contributed by atoms with E-state index in [-0.39, 0.29) is 33.7 Å². The number of rotatable bonds is 8. The molecule has 7 aromatic rings. The minimum absolute atomic E-state index is 0.0167. The summed E-state index contributed by atoms with van der Waals surface area (Å²) >= 11 is 3.55. The maximum atomic E-state index is 11.8. The number of fused-ring (bicyclic) bond motifs is 2. The zero-order chi connectivity index (χ0) is 43.2. The average molecular weight is 849 g/mol.